The van der Waals surface area contributed by atoms with E-state index in [1.54, 1.807) is 19.1 Å². The summed E-state index contributed by atoms with van der Waals surface area (Å²) >= 11 is 1.10. The van der Waals surface area contributed by atoms with Crippen molar-refractivity contribution in [3.63, 3.8) is 0 Å². The summed E-state index contributed by atoms with van der Waals surface area (Å²) in [5.41, 5.74) is 0.789. The summed E-state index contributed by atoms with van der Waals surface area (Å²) in [5.74, 6) is 0. The third-order valence-corrected chi connectivity index (χ3v) is 2.41. The zero-order valence-corrected chi connectivity index (χ0v) is 7.87. The first-order valence-corrected chi connectivity index (χ1v) is 4.47. The maximum Gasteiger partial charge on any atom is 0.324 e. The fraction of sp³-hybridized carbons (Fsp3) is 0.250. The second-order valence-electron chi connectivity index (χ2n) is 2.58. The Morgan fingerprint density at radius 3 is 2.92 bits per heavy atom. The lowest BCUT2D eigenvalue weighted by Gasteiger charge is -1.90. The number of nitro groups is 1. The third-order valence-electron chi connectivity index (χ3n) is 1.43. The van der Waals surface area contributed by atoms with E-state index in [-0.39, 0.29) is 11.6 Å². The molecule has 1 aromatic heterocycles. The Morgan fingerprint density at radius 1 is 1.77 bits per heavy atom. The van der Waals surface area contributed by atoms with Crippen molar-refractivity contribution in [2.75, 3.05) is 6.61 Å². The molecule has 5 heteroatoms. The first kappa shape index (κ1) is 9.88. The van der Waals surface area contributed by atoms with E-state index in [2.05, 4.69) is 0 Å². The van der Waals surface area contributed by atoms with Gasteiger partial charge in [0.1, 0.15) is 0 Å². The van der Waals surface area contributed by atoms with Crippen LogP contribution in [0.4, 0.5) is 5.00 Å². The average molecular weight is 199 g/mol. The zero-order valence-electron chi connectivity index (χ0n) is 7.06. The van der Waals surface area contributed by atoms with Crippen LogP contribution in [0.5, 0.6) is 0 Å². The number of thiophene rings is 1. The fourth-order valence-corrected chi connectivity index (χ4v) is 1.65. The maximum absolute atomic E-state index is 10.3. The molecular weight excluding hydrogens is 190 g/mol. The molecule has 13 heavy (non-hydrogen) atoms. The number of rotatable bonds is 3. The molecule has 0 aliphatic carbocycles. The van der Waals surface area contributed by atoms with Crippen molar-refractivity contribution in [3.05, 3.63) is 32.7 Å². The van der Waals surface area contributed by atoms with E-state index in [0.717, 1.165) is 21.8 Å². The van der Waals surface area contributed by atoms with Crippen LogP contribution in [0.15, 0.2) is 17.7 Å². The Kier molecular flexibility index (Phi) is 3.16. The van der Waals surface area contributed by atoms with Gasteiger partial charge in [0.15, 0.2) is 0 Å². The first-order chi connectivity index (χ1) is 6.13. The Morgan fingerprint density at radius 2 is 2.46 bits per heavy atom. The number of nitrogens with zero attached hydrogens (tertiary/aromatic N) is 1. The highest BCUT2D eigenvalue weighted by atomic mass is 32.1. The van der Waals surface area contributed by atoms with Crippen molar-refractivity contribution in [3.8, 4) is 0 Å². The normalized spacial score (nSPS) is 11.7. The molecule has 1 N–H and O–H groups in total. The Bertz CT molecular complexity index is 343. The van der Waals surface area contributed by atoms with Gasteiger partial charge in [0.2, 0.25) is 0 Å². The number of aliphatic hydroxyl groups is 1. The van der Waals surface area contributed by atoms with Crippen molar-refractivity contribution < 1.29 is 10.0 Å². The summed E-state index contributed by atoms with van der Waals surface area (Å²) in [6, 6.07) is 3.13. The van der Waals surface area contributed by atoms with Gasteiger partial charge in [-0.05, 0) is 24.6 Å². The second-order valence-corrected chi connectivity index (χ2v) is 3.68. The predicted molar refractivity (Wildman–Crippen MR) is 51.7 cm³/mol. The monoisotopic (exact) mass is 199 g/mol. The zero-order chi connectivity index (χ0) is 9.84. The molecule has 0 aliphatic rings. The number of hydrogen-bond acceptors (Lipinski definition) is 4. The second kappa shape index (κ2) is 4.15. The van der Waals surface area contributed by atoms with Crippen LogP contribution < -0.4 is 0 Å². The molecule has 4 nitrogen and oxygen atoms in total. The van der Waals surface area contributed by atoms with E-state index >= 15 is 0 Å². The lowest BCUT2D eigenvalue weighted by atomic mass is 10.3. The van der Waals surface area contributed by atoms with Gasteiger partial charge in [-0.25, -0.2) is 0 Å². The van der Waals surface area contributed by atoms with Crippen molar-refractivity contribution in [2.45, 2.75) is 6.92 Å². The predicted octanol–water partition coefficient (Wildman–Crippen LogP) is 2.05. The molecule has 1 rings (SSSR count). The van der Waals surface area contributed by atoms with Crippen LogP contribution in [-0.2, 0) is 0 Å². The molecule has 0 saturated carbocycles. The molecule has 0 spiro atoms. The van der Waals surface area contributed by atoms with Crippen LogP contribution in [0.2, 0.25) is 0 Å². The van der Waals surface area contributed by atoms with Gasteiger partial charge >= 0.3 is 5.00 Å². The molecule has 1 heterocycles. The van der Waals surface area contributed by atoms with Gasteiger partial charge < -0.3 is 5.11 Å². The van der Waals surface area contributed by atoms with Crippen molar-refractivity contribution in [1.29, 1.82) is 0 Å². The number of hydrogen-bond donors (Lipinski definition) is 1. The van der Waals surface area contributed by atoms with Gasteiger partial charge in [0.05, 0.1) is 11.5 Å². The summed E-state index contributed by atoms with van der Waals surface area (Å²) in [4.78, 5) is 10.7. The van der Waals surface area contributed by atoms with Crippen LogP contribution in [0.3, 0.4) is 0 Å². The topological polar surface area (TPSA) is 63.4 Å². The molecule has 0 saturated heterocycles. The lowest BCUT2D eigenvalue weighted by Crippen LogP contribution is -1.81. The smallest absolute Gasteiger partial charge is 0.324 e. The standard InChI is InChI=1S/C8H9NO3S/c1-6(5-10)4-7-2-3-8(13-7)9(11)12/h2-4,10H,5H2,1H3/b6-4-. The SMILES string of the molecule is C/C(=C/c1ccc([N+](=O)[O-])s1)CO. The molecule has 0 fully saturated rings. The largest absolute Gasteiger partial charge is 0.392 e. The Balaban J connectivity index is 2.86. The minimum absolute atomic E-state index is 0.0221. The highest BCUT2D eigenvalue weighted by Crippen LogP contribution is 2.25. The Hall–Kier alpha value is -1.20. The fourth-order valence-electron chi connectivity index (χ4n) is 0.806. The van der Waals surface area contributed by atoms with Gasteiger partial charge in [-0.15, -0.1) is 0 Å². The van der Waals surface area contributed by atoms with Gasteiger partial charge in [-0.1, -0.05) is 11.3 Å². The maximum atomic E-state index is 10.3. The summed E-state index contributed by atoms with van der Waals surface area (Å²) in [6.45, 7) is 1.75. The van der Waals surface area contributed by atoms with E-state index in [4.69, 9.17) is 5.11 Å². The minimum atomic E-state index is -0.420. The summed E-state index contributed by atoms with van der Waals surface area (Å²) in [6.07, 6.45) is 1.73. The van der Waals surface area contributed by atoms with E-state index in [1.165, 1.54) is 6.07 Å². The molecule has 1 aromatic rings. The molecule has 70 valence electrons. The highest BCUT2D eigenvalue weighted by molar-refractivity contribution is 7.16. The lowest BCUT2D eigenvalue weighted by molar-refractivity contribution is -0.380. The molecule has 0 bridgehead atoms. The van der Waals surface area contributed by atoms with Gasteiger partial charge in [0, 0.05) is 10.9 Å². The number of aliphatic hydroxyl groups excluding tert-OH is 1. The summed E-state index contributed by atoms with van der Waals surface area (Å²) in [7, 11) is 0. The molecule has 0 radical (unpaired) electrons. The van der Waals surface area contributed by atoms with E-state index in [9.17, 15) is 10.1 Å². The van der Waals surface area contributed by atoms with Crippen molar-refractivity contribution >= 4 is 22.4 Å². The van der Waals surface area contributed by atoms with Crippen LogP contribution in [0.1, 0.15) is 11.8 Å². The average Bonchev–Trinajstić information content (AvgIpc) is 2.52. The van der Waals surface area contributed by atoms with Gasteiger partial charge in [-0.2, -0.15) is 0 Å². The van der Waals surface area contributed by atoms with Gasteiger partial charge in [-0.3, -0.25) is 10.1 Å². The summed E-state index contributed by atoms with van der Waals surface area (Å²) in [5, 5.41) is 19.2. The molecule has 0 atom stereocenters. The third kappa shape index (κ3) is 2.64. The molecule has 0 aromatic carbocycles. The van der Waals surface area contributed by atoms with E-state index < -0.39 is 4.92 Å². The molecule has 0 unspecified atom stereocenters. The Labute approximate surface area is 79.3 Å². The molecule has 0 aliphatic heterocycles. The van der Waals surface area contributed by atoms with Gasteiger partial charge in [0.25, 0.3) is 0 Å². The molecule has 0 amide bonds. The molecular formula is C8H9NO3S. The first-order valence-electron chi connectivity index (χ1n) is 3.65. The summed E-state index contributed by atoms with van der Waals surface area (Å²) < 4.78 is 0. The van der Waals surface area contributed by atoms with Crippen LogP contribution in [0, 0.1) is 10.1 Å². The minimum Gasteiger partial charge on any atom is -0.392 e. The quantitative estimate of drug-likeness (QED) is 0.598. The van der Waals surface area contributed by atoms with Crippen LogP contribution in [-0.4, -0.2) is 16.6 Å². The van der Waals surface area contributed by atoms with Crippen molar-refractivity contribution in [1.82, 2.24) is 0 Å². The van der Waals surface area contributed by atoms with E-state index in [1.807, 2.05) is 0 Å². The van der Waals surface area contributed by atoms with E-state index in [0.29, 0.717) is 0 Å². The van der Waals surface area contributed by atoms with Crippen molar-refractivity contribution in [2.24, 2.45) is 0 Å². The van der Waals surface area contributed by atoms with Crippen LogP contribution in [0.25, 0.3) is 6.08 Å². The van der Waals surface area contributed by atoms with Crippen LogP contribution >= 0.6 is 11.3 Å². The highest BCUT2D eigenvalue weighted by Gasteiger charge is 2.07.